The summed E-state index contributed by atoms with van der Waals surface area (Å²) in [6, 6.07) is 11.9. The topological polar surface area (TPSA) is 113 Å². The molecule has 3 aliphatic heterocycles. The maximum atomic E-state index is 14.0. The van der Waals surface area contributed by atoms with Crippen LogP contribution in [-0.4, -0.2) is 35.4 Å². The minimum Gasteiger partial charge on any atom is -0.367 e. The number of non-ortho nitro benzene ring substituents is 1. The SMILES string of the molecule is C[C@@H]1CCN2c3ccc([N+](=O)[O-])cc3C[C@@]3(C(=O)NC(=O)N(c4ccccc4)C3=O)[C@@H]2C1. The van der Waals surface area contributed by atoms with Crippen molar-refractivity contribution in [3.8, 4) is 0 Å². The predicted molar refractivity (Wildman–Crippen MR) is 116 cm³/mol. The van der Waals surface area contributed by atoms with E-state index in [4.69, 9.17) is 0 Å². The van der Waals surface area contributed by atoms with Crippen molar-refractivity contribution in [3.05, 3.63) is 64.2 Å². The lowest BCUT2D eigenvalue weighted by Crippen LogP contribution is -2.73. The summed E-state index contributed by atoms with van der Waals surface area (Å²) in [6.07, 6.45) is 1.48. The first-order chi connectivity index (χ1) is 15.3. The van der Waals surface area contributed by atoms with Gasteiger partial charge in [0, 0.05) is 30.8 Å². The van der Waals surface area contributed by atoms with E-state index >= 15 is 0 Å². The summed E-state index contributed by atoms with van der Waals surface area (Å²) in [5.41, 5.74) is 0.1000. The van der Waals surface area contributed by atoms with Gasteiger partial charge >= 0.3 is 6.03 Å². The third-order valence-electron chi connectivity index (χ3n) is 6.91. The van der Waals surface area contributed by atoms with Gasteiger partial charge in [-0.05, 0) is 42.5 Å². The van der Waals surface area contributed by atoms with Gasteiger partial charge in [0.2, 0.25) is 5.91 Å². The maximum Gasteiger partial charge on any atom is 0.335 e. The Morgan fingerprint density at radius 3 is 2.59 bits per heavy atom. The average molecular weight is 434 g/mol. The number of nitrogens with one attached hydrogen (secondary N) is 1. The summed E-state index contributed by atoms with van der Waals surface area (Å²) in [5.74, 6) is -0.934. The van der Waals surface area contributed by atoms with Gasteiger partial charge in [0.25, 0.3) is 11.6 Å². The Morgan fingerprint density at radius 2 is 1.88 bits per heavy atom. The first-order valence-corrected chi connectivity index (χ1v) is 10.6. The van der Waals surface area contributed by atoms with Crippen molar-refractivity contribution in [1.29, 1.82) is 0 Å². The molecule has 1 N–H and O–H groups in total. The Hall–Kier alpha value is -3.75. The van der Waals surface area contributed by atoms with Gasteiger partial charge in [-0.3, -0.25) is 25.0 Å². The number of fused-ring (bicyclic) bond motifs is 4. The molecule has 0 saturated carbocycles. The molecule has 2 saturated heterocycles. The number of hydrogen-bond donors (Lipinski definition) is 1. The van der Waals surface area contributed by atoms with Crippen molar-refractivity contribution in [1.82, 2.24) is 5.32 Å². The van der Waals surface area contributed by atoms with Crippen molar-refractivity contribution in [2.24, 2.45) is 11.3 Å². The van der Waals surface area contributed by atoms with Gasteiger partial charge in [-0.2, -0.15) is 0 Å². The molecule has 9 heteroatoms. The molecule has 5 rings (SSSR count). The van der Waals surface area contributed by atoms with Gasteiger partial charge in [0.15, 0.2) is 5.41 Å². The number of piperidine rings is 1. The fourth-order valence-corrected chi connectivity index (χ4v) is 5.34. The van der Waals surface area contributed by atoms with Gasteiger partial charge in [-0.1, -0.05) is 25.1 Å². The van der Waals surface area contributed by atoms with E-state index in [2.05, 4.69) is 12.2 Å². The molecule has 2 aromatic carbocycles. The van der Waals surface area contributed by atoms with Gasteiger partial charge < -0.3 is 4.90 Å². The summed E-state index contributed by atoms with van der Waals surface area (Å²) >= 11 is 0. The number of para-hydroxylation sites is 1. The standard InChI is InChI=1S/C23H22N4O5/c1-14-9-10-25-18-8-7-17(27(31)32)12-15(18)13-23(19(25)11-14)20(28)24-22(30)26(21(23)29)16-5-3-2-4-6-16/h2-8,12,14,19H,9-11,13H2,1H3,(H,24,28,30)/t14-,19+,23+/m1/s1. The number of urea groups is 1. The summed E-state index contributed by atoms with van der Waals surface area (Å²) in [7, 11) is 0. The molecular weight excluding hydrogens is 412 g/mol. The van der Waals surface area contributed by atoms with Crippen LogP contribution < -0.4 is 15.1 Å². The van der Waals surface area contributed by atoms with Crippen LogP contribution >= 0.6 is 0 Å². The molecule has 0 radical (unpaired) electrons. The number of nitrogens with zero attached hydrogens (tertiary/aromatic N) is 3. The molecule has 0 aromatic heterocycles. The molecular formula is C23H22N4O5. The Kier molecular flexibility index (Phi) is 4.51. The molecule has 2 aromatic rings. The zero-order valence-corrected chi connectivity index (χ0v) is 17.5. The van der Waals surface area contributed by atoms with Crippen molar-refractivity contribution < 1.29 is 19.3 Å². The maximum absolute atomic E-state index is 14.0. The van der Waals surface area contributed by atoms with E-state index in [1.165, 1.54) is 12.1 Å². The molecule has 2 fully saturated rings. The first-order valence-electron chi connectivity index (χ1n) is 10.6. The minimum atomic E-state index is -1.55. The quantitative estimate of drug-likeness (QED) is 0.442. The summed E-state index contributed by atoms with van der Waals surface area (Å²) < 4.78 is 0. The minimum absolute atomic E-state index is 0.000813. The highest BCUT2D eigenvalue weighted by atomic mass is 16.6. The van der Waals surface area contributed by atoms with Crippen molar-refractivity contribution in [3.63, 3.8) is 0 Å². The number of benzene rings is 2. The molecule has 0 bridgehead atoms. The highest BCUT2D eigenvalue weighted by Gasteiger charge is 2.63. The number of carbonyl (C=O) groups excluding carboxylic acids is 3. The highest BCUT2D eigenvalue weighted by Crippen LogP contribution is 2.49. The number of carbonyl (C=O) groups is 3. The second kappa shape index (κ2) is 7.15. The number of nitro benzene ring substituents is 1. The third kappa shape index (κ3) is 2.80. The smallest absolute Gasteiger partial charge is 0.335 e. The van der Waals surface area contributed by atoms with E-state index < -0.39 is 34.2 Å². The Balaban J connectivity index is 1.69. The van der Waals surface area contributed by atoms with Crippen molar-refractivity contribution >= 4 is 34.9 Å². The molecule has 1 spiro atoms. The van der Waals surface area contributed by atoms with Crippen molar-refractivity contribution in [2.45, 2.75) is 32.2 Å². The van der Waals surface area contributed by atoms with Gasteiger partial charge in [0.05, 0.1) is 16.7 Å². The Labute approximate surface area is 184 Å². The highest BCUT2D eigenvalue weighted by molar-refractivity contribution is 6.30. The third-order valence-corrected chi connectivity index (χ3v) is 6.91. The van der Waals surface area contributed by atoms with Gasteiger partial charge in [0.1, 0.15) is 0 Å². The van der Waals surface area contributed by atoms with Gasteiger partial charge in [-0.15, -0.1) is 0 Å². The van der Waals surface area contributed by atoms with E-state index in [9.17, 15) is 24.5 Å². The second-order valence-electron chi connectivity index (χ2n) is 8.79. The van der Waals surface area contributed by atoms with Crippen LogP contribution in [0.5, 0.6) is 0 Å². The number of amides is 4. The van der Waals surface area contributed by atoms with Crippen LogP contribution in [0.3, 0.4) is 0 Å². The normalized spacial score (nSPS) is 27.1. The molecule has 3 heterocycles. The summed E-state index contributed by atoms with van der Waals surface area (Å²) in [6.45, 7) is 2.71. The van der Waals surface area contributed by atoms with Gasteiger partial charge in [-0.25, -0.2) is 9.69 Å². The summed E-state index contributed by atoms with van der Waals surface area (Å²) in [5, 5.41) is 13.8. The van der Waals surface area contributed by atoms with Crippen LogP contribution in [0.25, 0.3) is 0 Å². The molecule has 3 aliphatic rings. The van der Waals surface area contributed by atoms with Crippen LogP contribution in [0.1, 0.15) is 25.3 Å². The summed E-state index contributed by atoms with van der Waals surface area (Å²) in [4.78, 5) is 54.1. The lowest BCUT2D eigenvalue weighted by atomic mass is 9.64. The Bertz CT molecular complexity index is 1150. The van der Waals surface area contributed by atoms with Crippen LogP contribution in [0.15, 0.2) is 48.5 Å². The average Bonchev–Trinajstić information content (AvgIpc) is 2.77. The lowest BCUT2D eigenvalue weighted by molar-refractivity contribution is -0.384. The van der Waals surface area contributed by atoms with E-state index in [-0.39, 0.29) is 18.0 Å². The van der Waals surface area contributed by atoms with E-state index in [0.29, 0.717) is 24.2 Å². The first kappa shape index (κ1) is 20.2. The van der Waals surface area contributed by atoms with E-state index in [1.807, 2.05) is 4.90 Å². The van der Waals surface area contributed by atoms with E-state index in [0.717, 1.165) is 17.0 Å². The van der Waals surface area contributed by atoms with Crippen molar-refractivity contribution in [2.75, 3.05) is 16.3 Å². The fourth-order valence-electron chi connectivity index (χ4n) is 5.34. The Morgan fingerprint density at radius 1 is 1.12 bits per heavy atom. The molecule has 4 amide bonds. The monoisotopic (exact) mass is 434 g/mol. The van der Waals surface area contributed by atoms with E-state index in [1.54, 1.807) is 36.4 Å². The fraction of sp³-hybridized carbons (Fsp3) is 0.348. The zero-order chi connectivity index (χ0) is 22.6. The van der Waals surface area contributed by atoms with Crippen LogP contribution in [0.4, 0.5) is 21.9 Å². The second-order valence-corrected chi connectivity index (χ2v) is 8.79. The molecule has 0 unspecified atom stereocenters. The lowest BCUT2D eigenvalue weighted by Gasteiger charge is -2.54. The predicted octanol–water partition coefficient (Wildman–Crippen LogP) is 3.03. The number of nitro groups is 1. The number of hydrogen-bond acceptors (Lipinski definition) is 6. The number of anilines is 2. The van der Waals surface area contributed by atoms with Crippen LogP contribution in [-0.2, 0) is 16.0 Å². The molecule has 9 nitrogen and oxygen atoms in total. The number of barbiturate groups is 1. The molecule has 0 aliphatic carbocycles. The molecule has 3 atom stereocenters. The number of imide groups is 2. The zero-order valence-electron chi connectivity index (χ0n) is 17.5. The number of rotatable bonds is 2. The van der Waals surface area contributed by atoms with Crippen LogP contribution in [0, 0.1) is 21.4 Å². The largest absolute Gasteiger partial charge is 0.367 e. The van der Waals surface area contributed by atoms with Crippen LogP contribution in [0.2, 0.25) is 0 Å². The molecule has 164 valence electrons. The molecule has 32 heavy (non-hydrogen) atoms.